The Morgan fingerprint density at radius 3 is 2.88 bits per heavy atom. The average Bonchev–Trinajstić information content (AvgIpc) is 3.21. The monoisotopic (exact) mass is 357 g/mol. The zero-order valence-corrected chi connectivity index (χ0v) is 15.6. The van der Waals surface area contributed by atoms with Crippen LogP contribution >= 0.6 is 0 Å². The summed E-state index contributed by atoms with van der Waals surface area (Å²) in [6.45, 7) is 3.06. The maximum atomic E-state index is 13.1. The van der Waals surface area contributed by atoms with Crippen molar-refractivity contribution in [2.75, 3.05) is 33.4 Å². The third-order valence-corrected chi connectivity index (χ3v) is 6.13. The Kier molecular flexibility index (Phi) is 4.71. The van der Waals surface area contributed by atoms with Crippen LogP contribution in [0.4, 0.5) is 0 Å². The summed E-state index contributed by atoms with van der Waals surface area (Å²) in [5.74, 6) is 0.568. The number of nitrogens with zero attached hydrogens (tertiary/aromatic N) is 3. The molecule has 2 aliphatic rings. The molecule has 1 aromatic heterocycles. The molecule has 140 valence electrons. The van der Waals surface area contributed by atoms with Crippen LogP contribution in [0.15, 0.2) is 24.3 Å². The lowest BCUT2D eigenvalue weighted by molar-refractivity contribution is -0.0662. The summed E-state index contributed by atoms with van der Waals surface area (Å²) in [6.07, 6.45) is 3.94. The highest BCUT2D eigenvalue weighted by molar-refractivity contribution is 6.04. The largest absolute Gasteiger partial charge is 0.385 e. The van der Waals surface area contributed by atoms with Gasteiger partial charge in [-0.15, -0.1) is 0 Å². The van der Waals surface area contributed by atoms with Gasteiger partial charge in [0.1, 0.15) is 0 Å². The van der Waals surface area contributed by atoms with Gasteiger partial charge in [-0.25, -0.2) is 0 Å². The van der Waals surface area contributed by atoms with Crippen molar-refractivity contribution in [3.05, 3.63) is 30.0 Å². The zero-order valence-electron chi connectivity index (χ0n) is 15.6. The van der Waals surface area contributed by atoms with E-state index in [1.165, 1.54) is 0 Å². The van der Waals surface area contributed by atoms with Gasteiger partial charge in [-0.2, -0.15) is 5.10 Å². The molecule has 6 heteroatoms. The normalized spacial score (nSPS) is 22.4. The molecule has 0 N–H and O–H groups in total. The molecular formula is C20H27N3O3. The molecule has 6 nitrogen and oxygen atoms in total. The SMILES string of the molecule is COCC[C@@H]1CCOC12CCN(C(=O)c1nn(C)c3ccccc13)CC2. The van der Waals surface area contributed by atoms with E-state index in [1.807, 2.05) is 36.2 Å². The zero-order chi connectivity index (χ0) is 18.1. The number of para-hydroxylation sites is 1. The van der Waals surface area contributed by atoms with Crippen LogP contribution in [0.1, 0.15) is 36.2 Å². The molecule has 1 spiro atoms. The molecule has 1 atom stereocenters. The van der Waals surface area contributed by atoms with Gasteiger partial charge in [0.15, 0.2) is 5.69 Å². The lowest BCUT2D eigenvalue weighted by Gasteiger charge is -2.42. The molecule has 0 saturated carbocycles. The molecule has 0 bridgehead atoms. The van der Waals surface area contributed by atoms with E-state index < -0.39 is 0 Å². The van der Waals surface area contributed by atoms with Gasteiger partial charge in [0.25, 0.3) is 5.91 Å². The summed E-state index contributed by atoms with van der Waals surface area (Å²) in [5, 5.41) is 5.41. The Bertz CT molecular complexity index is 793. The van der Waals surface area contributed by atoms with Crippen LogP contribution in [0.5, 0.6) is 0 Å². The van der Waals surface area contributed by atoms with E-state index in [1.54, 1.807) is 11.8 Å². The molecule has 2 saturated heterocycles. The number of piperidine rings is 1. The quantitative estimate of drug-likeness (QED) is 0.844. The van der Waals surface area contributed by atoms with E-state index >= 15 is 0 Å². The first-order valence-electron chi connectivity index (χ1n) is 9.48. The number of rotatable bonds is 4. The van der Waals surface area contributed by atoms with Gasteiger partial charge >= 0.3 is 0 Å². The summed E-state index contributed by atoms with van der Waals surface area (Å²) < 4.78 is 13.2. The first-order chi connectivity index (χ1) is 12.6. The molecule has 1 aromatic carbocycles. The minimum atomic E-state index is -0.0680. The topological polar surface area (TPSA) is 56.6 Å². The summed E-state index contributed by atoms with van der Waals surface area (Å²) in [6, 6.07) is 7.90. The molecule has 1 amide bonds. The smallest absolute Gasteiger partial charge is 0.275 e. The number of carbonyl (C=O) groups is 1. The minimum Gasteiger partial charge on any atom is -0.385 e. The van der Waals surface area contributed by atoms with Gasteiger partial charge in [-0.3, -0.25) is 9.48 Å². The third kappa shape index (κ3) is 2.91. The van der Waals surface area contributed by atoms with Gasteiger partial charge in [-0.05, 0) is 37.7 Å². The summed E-state index contributed by atoms with van der Waals surface area (Å²) in [7, 11) is 3.64. The van der Waals surface area contributed by atoms with Crippen molar-refractivity contribution < 1.29 is 14.3 Å². The summed E-state index contributed by atoms with van der Waals surface area (Å²) in [4.78, 5) is 15.0. The molecule has 0 aliphatic carbocycles. The molecule has 2 fully saturated rings. The number of aromatic nitrogens is 2. The standard InChI is InChI=1S/C20H27N3O3/c1-22-17-6-4-3-5-16(17)18(21-22)19(24)23-11-9-20(10-12-23)15(7-13-25-2)8-14-26-20/h3-6,15H,7-14H2,1-2H3/t15-/m1/s1. The van der Waals surface area contributed by atoms with Crippen molar-refractivity contribution in [1.82, 2.24) is 14.7 Å². The number of aryl methyl sites for hydroxylation is 1. The average molecular weight is 357 g/mol. The number of ether oxygens (including phenoxy) is 2. The Morgan fingerprint density at radius 1 is 1.35 bits per heavy atom. The number of carbonyl (C=O) groups excluding carboxylic acids is 1. The fourth-order valence-corrected chi connectivity index (χ4v) is 4.62. The van der Waals surface area contributed by atoms with Crippen molar-refractivity contribution >= 4 is 16.8 Å². The van der Waals surface area contributed by atoms with Crippen molar-refractivity contribution in [2.45, 2.75) is 31.3 Å². The fourth-order valence-electron chi connectivity index (χ4n) is 4.62. The van der Waals surface area contributed by atoms with E-state index in [0.29, 0.717) is 11.6 Å². The van der Waals surface area contributed by atoms with E-state index in [9.17, 15) is 4.79 Å². The maximum Gasteiger partial charge on any atom is 0.275 e. The molecule has 2 aromatic rings. The predicted molar refractivity (Wildman–Crippen MR) is 99.1 cm³/mol. The number of likely N-dealkylation sites (tertiary alicyclic amines) is 1. The van der Waals surface area contributed by atoms with E-state index in [0.717, 1.165) is 62.9 Å². The van der Waals surface area contributed by atoms with Gasteiger partial charge in [0.05, 0.1) is 11.1 Å². The van der Waals surface area contributed by atoms with Crippen molar-refractivity contribution in [2.24, 2.45) is 13.0 Å². The number of benzene rings is 1. The predicted octanol–water partition coefficient (Wildman–Crippen LogP) is 2.62. The second kappa shape index (κ2) is 7.00. The highest BCUT2D eigenvalue weighted by Crippen LogP contribution is 2.42. The lowest BCUT2D eigenvalue weighted by Crippen LogP contribution is -2.49. The molecule has 3 heterocycles. The van der Waals surface area contributed by atoms with Crippen LogP contribution in [0.25, 0.3) is 10.9 Å². The summed E-state index contributed by atoms with van der Waals surface area (Å²) in [5.41, 5.74) is 1.48. The number of fused-ring (bicyclic) bond motifs is 1. The van der Waals surface area contributed by atoms with Crippen LogP contribution in [0.3, 0.4) is 0 Å². The van der Waals surface area contributed by atoms with Crippen molar-refractivity contribution in [3.63, 3.8) is 0 Å². The van der Waals surface area contributed by atoms with Crippen LogP contribution in [-0.2, 0) is 16.5 Å². The highest BCUT2D eigenvalue weighted by atomic mass is 16.5. The Balaban J connectivity index is 1.48. The van der Waals surface area contributed by atoms with Crippen LogP contribution < -0.4 is 0 Å². The Hall–Kier alpha value is -1.92. The number of methoxy groups -OCH3 is 1. The maximum absolute atomic E-state index is 13.1. The van der Waals surface area contributed by atoms with Crippen LogP contribution in [0.2, 0.25) is 0 Å². The van der Waals surface area contributed by atoms with E-state index in [2.05, 4.69) is 5.10 Å². The van der Waals surface area contributed by atoms with E-state index in [-0.39, 0.29) is 11.5 Å². The summed E-state index contributed by atoms with van der Waals surface area (Å²) >= 11 is 0. The number of amides is 1. The molecule has 2 aliphatic heterocycles. The first-order valence-corrected chi connectivity index (χ1v) is 9.48. The van der Waals surface area contributed by atoms with Crippen molar-refractivity contribution in [3.8, 4) is 0 Å². The molecule has 4 rings (SSSR count). The van der Waals surface area contributed by atoms with Gasteiger partial charge in [-0.1, -0.05) is 18.2 Å². The van der Waals surface area contributed by atoms with Crippen molar-refractivity contribution in [1.29, 1.82) is 0 Å². The first kappa shape index (κ1) is 17.5. The van der Waals surface area contributed by atoms with Crippen LogP contribution in [-0.4, -0.2) is 59.6 Å². The van der Waals surface area contributed by atoms with Gasteiger partial charge in [0, 0.05) is 45.8 Å². The molecule has 0 radical (unpaired) electrons. The molecule has 0 unspecified atom stereocenters. The minimum absolute atomic E-state index is 0.0306. The van der Waals surface area contributed by atoms with E-state index in [4.69, 9.17) is 9.47 Å². The van der Waals surface area contributed by atoms with Gasteiger partial charge in [0.2, 0.25) is 0 Å². The Morgan fingerprint density at radius 2 is 2.12 bits per heavy atom. The van der Waals surface area contributed by atoms with Crippen LogP contribution in [0, 0.1) is 5.92 Å². The lowest BCUT2D eigenvalue weighted by atomic mass is 9.78. The Labute approximate surface area is 154 Å². The third-order valence-electron chi connectivity index (χ3n) is 6.13. The number of hydrogen-bond donors (Lipinski definition) is 0. The highest BCUT2D eigenvalue weighted by Gasteiger charge is 2.46. The fraction of sp³-hybridized carbons (Fsp3) is 0.600. The van der Waals surface area contributed by atoms with Gasteiger partial charge < -0.3 is 14.4 Å². The second-order valence-corrected chi connectivity index (χ2v) is 7.46. The number of hydrogen-bond acceptors (Lipinski definition) is 4. The second-order valence-electron chi connectivity index (χ2n) is 7.46. The molecular weight excluding hydrogens is 330 g/mol. The molecule has 26 heavy (non-hydrogen) atoms.